The first kappa shape index (κ1) is 17.6. The van der Waals surface area contributed by atoms with Crippen molar-refractivity contribution in [1.82, 2.24) is 0 Å². The highest BCUT2D eigenvalue weighted by Crippen LogP contribution is 2.21. The summed E-state index contributed by atoms with van der Waals surface area (Å²) in [6.45, 7) is 11.8. The number of rotatable bonds is 11. The summed E-state index contributed by atoms with van der Waals surface area (Å²) in [5.41, 5.74) is -0.265. The number of hydrogen-bond acceptors (Lipinski definition) is 3. The minimum Gasteiger partial charge on any atom is -0.375 e. The molecular weight excluding hydrogens is 228 g/mol. The predicted octanol–water partition coefficient (Wildman–Crippen LogP) is 3.75. The average molecular weight is 258 g/mol. The molecule has 18 heavy (non-hydrogen) atoms. The molecule has 0 unspecified atom stereocenters. The van der Waals surface area contributed by atoms with E-state index in [0.29, 0.717) is 19.6 Å². The molecule has 0 aromatic heterocycles. The lowest BCUT2D eigenvalue weighted by atomic mass is 10.0. The topological polar surface area (TPSA) is 35.5 Å². The monoisotopic (exact) mass is 258 g/mol. The summed E-state index contributed by atoms with van der Waals surface area (Å²) in [4.78, 5) is 10.2. The molecule has 0 fully saturated rings. The van der Waals surface area contributed by atoms with Crippen molar-refractivity contribution in [3.05, 3.63) is 0 Å². The van der Waals surface area contributed by atoms with E-state index in [0.717, 1.165) is 19.1 Å². The van der Waals surface area contributed by atoms with E-state index in [1.807, 2.05) is 13.8 Å². The van der Waals surface area contributed by atoms with E-state index in [1.165, 1.54) is 12.8 Å². The van der Waals surface area contributed by atoms with Gasteiger partial charge in [0.05, 0.1) is 24.4 Å². The fourth-order valence-corrected chi connectivity index (χ4v) is 1.70. The number of carbonyl (C=O) groups excluding carboxylic acids is 1. The Morgan fingerprint density at radius 1 is 0.944 bits per heavy atom. The maximum atomic E-state index is 10.2. The van der Waals surface area contributed by atoms with Crippen LogP contribution in [0.5, 0.6) is 0 Å². The Morgan fingerprint density at radius 3 is 2.06 bits per heavy atom. The van der Waals surface area contributed by atoms with E-state index < -0.39 is 0 Å². The largest absolute Gasteiger partial charge is 0.375 e. The van der Waals surface area contributed by atoms with Crippen molar-refractivity contribution >= 4 is 6.29 Å². The van der Waals surface area contributed by atoms with Crippen LogP contribution in [-0.2, 0) is 14.3 Å². The predicted molar refractivity (Wildman–Crippen MR) is 74.9 cm³/mol. The molecule has 0 spiro atoms. The third kappa shape index (κ3) is 9.60. The Hall–Kier alpha value is -0.410. The Balaban J connectivity index is 3.82. The van der Waals surface area contributed by atoms with E-state index >= 15 is 0 Å². The first-order valence-corrected chi connectivity index (χ1v) is 7.04. The van der Waals surface area contributed by atoms with Crippen molar-refractivity contribution in [3.63, 3.8) is 0 Å². The first-order valence-electron chi connectivity index (χ1n) is 7.04. The summed E-state index contributed by atoms with van der Waals surface area (Å²) in [7, 11) is 0. The van der Waals surface area contributed by atoms with Gasteiger partial charge in [0.2, 0.25) is 0 Å². The van der Waals surface area contributed by atoms with Crippen molar-refractivity contribution in [3.8, 4) is 0 Å². The second-order valence-electron chi connectivity index (χ2n) is 6.03. The lowest BCUT2D eigenvalue weighted by Crippen LogP contribution is -2.31. The van der Waals surface area contributed by atoms with Crippen LogP contribution in [0, 0.1) is 0 Å². The Bertz CT molecular complexity index is 222. The normalized spacial score (nSPS) is 12.7. The SMILES string of the molecule is CCCCC(C)(C)OCCC(C)(C)OCCC=O. The average Bonchev–Trinajstić information content (AvgIpc) is 2.26. The quantitative estimate of drug-likeness (QED) is 0.418. The third-order valence-corrected chi connectivity index (χ3v) is 3.06. The molecule has 0 aromatic rings. The molecule has 3 nitrogen and oxygen atoms in total. The number of hydrogen-bond donors (Lipinski definition) is 0. The van der Waals surface area contributed by atoms with Gasteiger partial charge in [-0.25, -0.2) is 0 Å². The van der Waals surface area contributed by atoms with Gasteiger partial charge in [-0.05, 0) is 40.5 Å². The maximum absolute atomic E-state index is 10.2. The molecule has 0 saturated heterocycles. The highest BCUT2D eigenvalue weighted by atomic mass is 16.5. The fraction of sp³-hybridized carbons (Fsp3) is 0.933. The van der Waals surface area contributed by atoms with Gasteiger partial charge in [-0.3, -0.25) is 0 Å². The third-order valence-electron chi connectivity index (χ3n) is 3.06. The molecule has 0 atom stereocenters. The van der Waals surface area contributed by atoms with Crippen LogP contribution in [0.15, 0.2) is 0 Å². The summed E-state index contributed by atoms with van der Waals surface area (Å²) in [6.07, 6.45) is 5.70. The van der Waals surface area contributed by atoms with Gasteiger partial charge in [0.25, 0.3) is 0 Å². The Labute approximate surface area is 112 Å². The van der Waals surface area contributed by atoms with Crippen molar-refractivity contribution in [2.24, 2.45) is 0 Å². The van der Waals surface area contributed by atoms with Gasteiger partial charge < -0.3 is 14.3 Å². The van der Waals surface area contributed by atoms with Crippen LogP contribution in [0.2, 0.25) is 0 Å². The van der Waals surface area contributed by atoms with Gasteiger partial charge in [0, 0.05) is 6.42 Å². The van der Waals surface area contributed by atoms with Crippen LogP contribution in [0.25, 0.3) is 0 Å². The molecule has 0 radical (unpaired) electrons. The van der Waals surface area contributed by atoms with Crippen LogP contribution >= 0.6 is 0 Å². The van der Waals surface area contributed by atoms with Crippen molar-refractivity contribution in [2.75, 3.05) is 13.2 Å². The summed E-state index contributed by atoms with van der Waals surface area (Å²) in [5, 5.41) is 0. The van der Waals surface area contributed by atoms with E-state index in [2.05, 4.69) is 20.8 Å². The molecular formula is C15H30O3. The fourth-order valence-electron chi connectivity index (χ4n) is 1.70. The van der Waals surface area contributed by atoms with E-state index in [9.17, 15) is 4.79 Å². The Morgan fingerprint density at radius 2 is 1.50 bits per heavy atom. The molecule has 0 aliphatic carbocycles. The first-order chi connectivity index (χ1) is 8.33. The Kier molecular flexibility index (Phi) is 8.45. The molecule has 0 heterocycles. The van der Waals surface area contributed by atoms with E-state index in [1.54, 1.807) is 0 Å². The number of carbonyl (C=O) groups is 1. The highest BCUT2D eigenvalue weighted by Gasteiger charge is 2.22. The molecule has 0 N–H and O–H groups in total. The summed E-state index contributed by atoms with van der Waals surface area (Å²) in [5.74, 6) is 0. The van der Waals surface area contributed by atoms with Crippen LogP contribution < -0.4 is 0 Å². The standard InChI is InChI=1S/C15H30O3/c1-6-7-9-14(2,3)18-13-10-15(4,5)17-12-8-11-16/h11H,6-10,12-13H2,1-5H3. The zero-order valence-electron chi connectivity index (χ0n) is 12.8. The van der Waals surface area contributed by atoms with E-state index in [4.69, 9.17) is 9.47 Å². The number of ether oxygens (including phenoxy) is 2. The molecule has 3 heteroatoms. The molecule has 0 amide bonds. The van der Waals surface area contributed by atoms with Crippen molar-refractivity contribution in [1.29, 1.82) is 0 Å². The highest BCUT2D eigenvalue weighted by molar-refractivity contribution is 5.49. The maximum Gasteiger partial charge on any atom is 0.122 e. The van der Waals surface area contributed by atoms with Gasteiger partial charge in [-0.2, -0.15) is 0 Å². The zero-order valence-corrected chi connectivity index (χ0v) is 12.8. The lowest BCUT2D eigenvalue weighted by Gasteiger charge is -2.29. The second-order valence-corrected chi connectivity index (χ2v) is 6.03. The van der Waals surface area contributed by atoms with Gasteiger partial charge in [0.1, 0.15) is 6.29 Å². The van der Waals surface area contributed by atoms with Crippen molar-refractivity contribution < 1.29 is 14.3 Å². The second kappa shape index (κ2) is 8.65. The van der Waals surface area contributed by atoms with Gasteiger partial charge in [-0.1, -0.05) is 19.8 Å². The molecule has 0 saturated carbocycles. The van der Waals surface area contributed by atoms with Gasteiger partial charge >= 0.3 is 0 Å². The van der Waals surface area contributed by atoms with Crippen molar-refractivity contribution in [2.45, 2.75) is 77.9 Å². The molecule has 0 aromatic carbocycles. The minimum absolute atomic E-state index is 0.0467. The summed E-state index contributed by atoms with van der Waals surface area (Å²) >= 11 is 0. The van der Waals surface area contributed by atoms with Gasteiger partial charge in [-0.15, -0.1) is 0 Å². The molecule has 0 bridgehead atoms. The molecule has 108 valence electrons. The number of unbranched alkanes of at least 4 members (excludes halogenated alkanes) is 1. The molecule has 0 rings (SSSR count). The van der Waals surface area contributed by atoms with Crippen LogP contribution in [0.1, 0.15) is 66.7 Å². The number of aldehydes is 1. The molecule has 0 aliphatic rings. The van der Waals surface area contributed by atoms with E-state index in [-0.39, 0.29) is 11.2 Å². The van der Waals surface area contributed by atoms with Gasteiger partial charge in [0.15, 0.2) is 0 Å². The van der Waals surface area contributed by atoms with Crippen LogP contribution in [-0.4, -0.2) is 30.7 Å². The lowest BCUT2D eigenvalue weighted by molar-refractivity contribution is -0.111. The summed E-state index contributed by atoms with van der Waals surface area (Å²) < 4.78 is 11.6. The van der Waals surface area contributed by atoms with Crippen LogP contribution in [0.3, 0.4) is 0 Å². The van der Waals surface area contributed by atoms with Crippen LogP contribution in [0.4, 0.5) is 0 Å². The smallest absolute Gasteiger partial charge is 0.122 e. The minimum atomic E-state index is -0.218. The summed E-state index contributed by atoms with van der Waals surface area (Å²) in [6, 6.07) is 0. The molecule has 0 aliphatic heterocycles. The zero-order chi connectivity index (χ0) is 14.1.